The SMILES string of the molecule is C.CC(C)C(NC(=O)CCC(C)(C)C1C(=O)CC2(C)C(=O)CCC2C1CCC=O)C(=O)O. The Morgan fingerprint density at radius 1 is 1.28 bits per heavy atom. The van der Waals surface area contributed by atoms with Crippen molar-refractivity contribution in [2.75, 3.05) is 0 Å². The van der Waals surface area contributed by atoms with E-state index in [0.717, 1.165) is 12.7 Å². The van der Waals surface area contributed by atoms with Crippen molar-refractivity contribution in [2.24, 2.45) is 34.5 Å². The summed E-state index contributed by atoms with van der Waals surface area (Å²) in [5.74, 6) is -1.78. The molecule has 2 fully saturated rings. The first kappa shape index (κ1) is 28.0. The number of rotatable bonds is 10. The van der Waals surface area contributed by atoms with Gasteiger partial charge in [0.2, 0.25) is 5.91 Å². The molecule has 2 rings (SSSR count). The summed E-state index contributed by atoms with van der Waals surface area (Å²) in [5.41, 5.74) is -1.15. The molecule has 0 saturated heterocycles. The Kier molecular flexibility index (Phi) is 9.37. The van der Waals surface area contributed by atoms with Gasteiger partial charge in [-0.25, -0.2) is 4.79 Å². The number of aldehydes is 1. The molecule has 0 aliphatic heterocycles. The van der Waals surface area contributed by atoms with Crippen LogP contribution in [0.1, 0.15) is 87.0 Å². The summed E-state index contributed by atoms with van der Waals surface area (Å²) >= 11 is 0. The molecule has 7 heteroatoms. The van der Waals surface area contributed by atoms with Crippen molar-refractivity contribution in [3.63, 3.8) is 0 Å². The molecule has 5 atom stereocenters. The van der Waals surface area contributed by atoms with Crippen LogP contribution in [0.25, 0.3) is 0 Å². The summed E-state index contributed by atoms with van der Waals surface area (Å²) in [7, 11) is 0. The van der Waals surface area contributed by atoms with Gasteiger partial charge in [-0.15, -0.1) is 0 Å². The summed E-state index contributed by atoms with van der Waals surface area (Å²) in [4.78, 5) is 60.8. The van der Waals surface area contributed by atoms with Gasteiger partial charge in [0.1, 0.15) is 23.9 Å². The average Bonchev–Trinajstić information content (AvgIpc) is 2.95. The zero-order valence-corrected chi connectivity index (χ0v) is 19.4. The van der Waals surface area contributed by atoms with E-state index in [9.17, 15) is 29.1 Å². The van der Waals surface area contributed by atoms with E-state index < -0.39 is 22.8 Å². The third-order valence-electron chi connectivity index (χ3n) is 7.68. The molecule has 5 unspecified atom stereocenters. The molecule has 0 aromatic rings. The molecule has 2 aliphatic rings. The number of hydrogen-bond acceptors (Lipinski definition) is 5. The van der Waals surface area contributed by atoms with Crippen molar-refractivity contribution in [3.05, 3.63) is 0 Å². The molecule has 2 aliphatic carbocycles. The Bertz CT molecular complexity index is 743. The number of fused-ring (bicyclic) bond motifs is 1. The molecule has 7 nitrogen and oxygen atoms in total. The molecule has 0 bridgehead atoms. The van der Waals surface area contributed by atoms with Crippen LogP contribution in [0.2, 0.25) is 0 Å². The fourth-order valence-electron chi connectivity index (χ4n) is 5.95. The predicted molar refractivity (Wildman–Crippen MR) is 122 cm³/mol. The largest absolute Gasteiger partial charge is 0.480 e. The van der Waals surface area contributed by atoms with Gasteiger partial charge < -0.3 is 15.2 Å². The molecular weight excluding hydrogens is 410 g/mol. The first-order chi connectivity index (χ1) is 14.3. The highest BCUT2D eigenvalue weighted by Gasteiger charge is 2.58. The predicted octanol–water partition coefficient (Wildman–Crippen LogP) is 3.82. The van der Waals surface area contributed by atoms with E-state index in [0.29, 0.717) is 25.7 Å². The van der Waals surface area contributed by atoms with Gasteiger partial charge in [0.05, 0.1) is 0 Å². The Hall–Kier alpha value is -2.05. The van der Waals surface area contributed by atoms with Crippen LogP contribution in [-0.2, 0) is 24.0 Å². The lowest BCUT2D eigenvalue weighted by atomic mass is 9.52. The van der Waals surface area contributed by atoms with E-state index >= 15 is 0 Å². The number of carboxylic acid groups (broad SMARTS) is 1. The summed E-state index contributed by atoms with van der Waals surface area (Å²) < 4.78 is 0. The van der Waals surface area contributed by atoms with Gasteiger partial charge in [-0.2, -0.15) is 0 Å². The molecule has 0 aromatic carbocycles. The van der Waals surface area contributed by atoms with Gasteiger partial charge in [0, 0.05) is 37.0 Å². The molecule has 0 aromatic heterocycles. The third kappa shape index (κ3) is 5.65. The second-order valence-corrected chi connectivity index (χ2v) is 10.6. The zero-order chi connectivity index (χ0) is 23.6. The van der Waals surface area contributed by atoms with E-state index in [1.165, 1.54) is 0 Å². The van der Waals surface area contributed by atoms with Crippen LogP contribution in [0.5, 0.6) is 0 Å². The van der Waals surface area contributed by atoms with Crippen LogP contribution in [-0.4, -0.2) is 40.9 Å². The smallest absolute Gasteiger partial charge is 0.326 e. The van der Waals surface area contributed by atoms with E-state index in [2.05, 4.69) is 5.32 Å². The fourth-order valence-corrected chi connectivity index (χ4v) is 5.95. The highest BCUT2D eigenvalue weighted by atomic mass is 16.4. The number of carboxylic acids is 1. The summed E-state index contributed by atoms with van der Waals surface area (Å²) in [6.45, 7) is 9.30. The number of carbonyl (C=O) groups is 5. The topological polar surface area (TPSA) is 118 Å². The monoisotopic (exact) mass is 451 g/mol. The number of carbonyl (C=O) groups excluding carboxylic acids is 4. The first-order valence-corrected chi connectivity index (χ1v) is 11.4. The van der Waals surface area contributed by atoms with E-state index in [1.807, 2.05) is 20.8 Å². The normalized spacial score (nSPS) is 28.6. The number of hydrogen-bond donors (Lipinski definition) is 2. The van der Waals surface area contributed by atoms with Crippen LogP contribution in [0.15, 0.2) is 0 Å². The molecule has 32 heavy (non-hydrogen) atoms. The van der Waals surface area contributed by atoms with E-state index in [4.69, 9.17) is 0 Å². The Morgan fingerprint density at radius 3 is 2.44 bits per heavy atom. The van der Waals surface area contributed by atoms with Gasteiger partial charge in [-0.3, -0.25) is 14.4 Å². The molecule has 2 saturated carbocycles. The highest BCUT2D eigenvalue weighted by Crippen LogP contribution is 2.58. The maximum absolute atomic E-state index is 13.3. The molecule has 1 amide bonds. The number of amides is 1. The Balaban J connectivity index is 0.00000512. The zero-order valence-electron chi connectivity index (χ0n) is 19.4. The maximum atomic E-state index is 13.3. The van der Waals surface area contributed by atoms with Crippen molar-refractivity contribution < 1.29 is 29.1 Å². The van der Waals surface area contributed by atoms with Gasteiger partial charge in [0.15, 0.2) is 0 Å². The number of aliphatic carboxylic acids is 1. The molecule has 0 spiro atoms. The van der Waals surface area contributed by atoms with Crippen molar-refractivity contribution in [1.29, 1.82) is 0 Å². The Labute approximate surface area is 192 Å². The van der Waals surface area contributed by atoms with Crippen molar-refractivity contribution >= 4 is 29.7 Å². The van der Waals surface area contributed by atoms with Gasteiger partial charge in [0.25, 0.3) is 0 Å². The minimum atomic E-state index is -1.07. The van der Waals surface area contributed by atoms with E-state index in [-0.39, 0.29) is 61.4 Å². The number of ketones is 2. The molecule has 0 heterocycles. The lowest BCUT2D eigenvalue weighted by molar-refractivity contribution is -0.149. The second-order valence-electron chi connectivity index (χ2n) is 10.6. The van der Waals surface area contributed by atoms with Crippen LogP contribution in [0.4, 0.5) is 0 Å². The molecule has 2 N–H and O–H groups in total. The average molecular weight is 452 g/mol. The number of nitrogens with one attached hydrogen (secondary N) is 1. The minimum Gasteiger partial charge on any atom is -0.480 e. The highest BCUT2D eigenvalue weighted by molar-refractivity contribution is 5.95. The van der Waals surface area contributed by atoms with Crippen LogP contribution >= 0.6 is 0 Å². The summed E-state index contributed by atoms with van der Waals surface area (Å²) in [6, 6.07) is -0.947. The van der Waals surface area contributed by atoms with Gasteiger partial charge in [-0.1, -0.05) is 42.0 Å². The first-order valence-electron chi connectivity index (χ1n) is 11.4. The van der Waals surface area contributed by atoms with Gasteiger partial charge >= 0.3 is 5.97 Å². The van der Waals surface area contributed by atoms with Crippen LogP contribution in [0.3, 0.4) is 0 Å². The van der Waals surface area contributed by atoms with Crippen molar-refractivity contribution in [2.45, 2.75) is 93.0 Å². The van der Waals surface area contributed by atoms with E-state index in [1.54, 1.807) is 13.8 Å². The third-order valence-corrected chi connectivity index (χ3v) is 7.68. The maximum Gasteiger partial charge on any atom is 0.326 e. The number of Topliss-reactive ketones (excluding diaryl/α,β-unsaturated/α-hetero) is 2. The Morgan fingerprint density at radius 2 is 1.91 bits per heavy atom. The van der Waals surface area contributed by atoms with Crippen LogP contribution < -0.4 is 5.32 Å². The molecule has 0 radical (unpaired) electrons. The summed E-state index contributed by atoms with van der Waals surface area (Å²) in [5, 5.41) is 11.9. The quantitative estimate of drug-likeness (QED) is 0.488. The van der Waals surface area contributed by atoms with Gasteiger partial charge in [-0.05, 0) is 42.4 Å². The van der Waals surface area contributed by atoms with Crippen molar-refractivity contribution in [1.82, 2.24) is 5.32 Å². The molecular formula is C25H41NO6. The lowest BCUT2D eigenvalue weighted by Gasteiger charge is -2.49. The van der Waals surface area contributed by atoms with Crippen LogP contribution in [0, 0.1) is 34.5 Å². The lowest BCUT2D eigenvalue weighted by Crippen LogP contribution is -2.51. The standard InChI is InChI=1S/C24H37NO6.CH4/c1-14(2)21(22(30)31)25-19(29)10-11-23(3,4)20-15(7-6-12-26)16-8-9-18(28)24(16,5)13-17(20)27;/h12,14-16,20-21H,6-11,13H2,1-5H3,(H,25,29)(H,30,31);1H4. The fraction of sp³-hybridized carbons (Fsp3) is 0.800. The van der Waals surface area contributed by atoms with Crippen molar-refractivity contribution in [3.8, 4) is 0 Å². The summed E-state index contributed by atoms with van der Waals surface area (Å²) in [6.07, 6.45) is 3.77. The minimum absolute atomic E-state index is 0. The molecule has 182 valence electrons. The second kappa shape index (κ2) is 10.7.